The Balaban J connectivity index is 1.39. The van der Waals surface area contributed by atoms with Gasteiger partial charge in [0.05, 0.1) is 5.56 Å². The third kappa shape index (κ3) is 4.82. The maximum atomic E-state index is 12.3. The molecule has 2 aromatic carbocycles. The first-order chi connectivity index (χ1) is 13.7. The number of urea groups is 1. The number of fused-ring (bicyclic) bond motifs is 1. The first kappa shape index (κ1) is 19.3. The Morgan fingerprint density at radius 1 is 1.00 bits per heavy atom. The zero-order valence-electron chi connectivity index (χ0n) is 15.9. The molecule has 0 fully saturated rings. The van der Waals surface area contributed by atoms with Crippen molar-refractivity contribution in [2.24, 2.45) is 0 Å². The molecule has 0 atom stereocenters. The number of para-hydroxylation sites is 2. The number of anilines is 1. The number of hydrogen-bond donors (Lipinski definition) is 4. The van der Waals surface area contributed by atoms with Crippen LogP contribution in [-0.2, 0) is 0 Å². The molecule has 4 N–H and O–H groups in total. The normalized spacial score (nSPS) is 10.5. The molecular weight excluding hydrogens is 354 g/mol. The molecular formula is C21H25N5O2. The highest BCUT2D eigenvalue weighted by Crippen LogP contribution is 2.17. The maximum absolute atomic E-state index is 12.3. The number of nitrogens with zero attached hydrogens (tertiary/aromatic N) is 1. The van der Waals surface area contributed by atoms with E-state index in [1.54, 1.807) is 6.20 Å². The zero-order valence-corrected chi connectivity index (χ0v) is 15.9. The van der Waals surface area contributed by atoms with E-state index < -0.39 is 6.03 Å². The van der Waals surface area contributed by atoms with Crippen LogP contribution < -0.4 is 21.1 Å². The second kappa shape index (κ2) is 9.45. The van der Waals surface area contributed by atoms with Gasteiger partial charge in [-0.25, -0.2) is 10.2 Å². The van der Waals surface area contributed by atoms with Gasteiger partial charge in [-0.2, -0.15) is 0 Å². The molecule has 7 nitrogen and oxygen atoms in total. The van der Waals surface area contributed by atoms with Crippen LogP contribution in [0.5, 0.6) is 0 Å². The van der Waals surface area contributed by atoms with Crippen LogP contribution in [0, 0.1) is 0 Å². The molecule has 0 bridgehead atoms. The molecule has 0 aliphatic carbocycles. The van der Waals surface area contributed by atoms with E-state index in [1.807, 2.05) is 42.5 Å². The minimum atomic E-state index is -0.434. The van der Waals surface area contributed by atoms with Crippen LogP contribution in [0.1, 0.15) is 23.7 Å². The molecule has 0 saturated carbocycles. The van der Waals surface area contributed by atoms with Gasteiger partial charge >= 0.3 is 6.03 Å². The van der Waals surface area contributed by atoms with Gasteiger partial charge in [-0.15, -0.1) is 0 Å². The lowest BCUT2D eigenvalue weighted by atomic mass is 10.2. The molecule has 3 aromatic rings. The number of carbonyl (C=O) groups is 2. The third-order valence-electron chi connectivity index (χ3n) is 4.52. The first-order valence-corrected chi connectivity index (χ1v) is 9.39. The highest BCUT2D eigenvalue weighted by Gasteiger charge is 2.12. The van der Waals surface area contributed by atoms with Crippen LogP contribution in [-0.4, -0.2) is 36.6 Å². The number of carbonyl (C=O) groups excluding carboxylic acids is 2. The van der Waals surface area contributed by atoms with Gasteiger partial charge in [0, 0.05) is 42.4 Å². The molecule has 7 heteroatoms. The van der Waals surface area contributed by atoms with E-state index in [2.05, 4.69) is 45.1 Å². The summed E-state index contributed by atoms with van der Waals surface area (Å²) in [5.41, 5.74) is 7.35. The van der Waals surface area contributed by atoms with Crippen LogP contribution in [0.2, 0.25) is 0 Å². The second-order valence-corrected chi connectivity index (χ2v) is 6.35. The molecule has 28 heavy (non-hydrogen) atoms. The van der Waals surface area contributed by atoms with Crippen molar-refractivity contribution in [1.29, 1.82) is 0 Å². The third-order valence-corrected chi connectivity index (χ3v) is 4.52. The molecule has 0 radical (unpaired) electrons. The van der Waals surface area contributed by atoms with E-state index in [-0.39, 0.29) is 5.91 Å². The molecule has 3 rings (SSSR count). The number of H-pyrrole nitrogens is 1. The van der Waals surface area contributed by atoms with Gasteiger partial charge in [-0.05, 0) is 31.5 Å². The van der Waals surface area contributed by atoms with Gasteiger partial charge < -0.3 is 15.2 Å². The number of aromatic amines is 1. The van der Waals surface area contributed by atoms with Crippen LogP contribution in [0.15, 0.2) is 60.8 Å². The van der Waals surface area contributed by atoms with E-state index in [0.29, 0.717) is 12.1 Å². The summed E-state index contributed by atoms with van der Waals surface area (Å²) >= 11 is 0. The van der Waals surface area contributed by atoms with E-state index >= 15 is 0 Å². The maximum Gasteiger partial charge on any atom is 0.333 e. The minimum Gasteiger partial charge on any atom is -0.372 e. The largest absolute Gasteiger partial charge is 0.372 e. The predicted molar refractivity (Wildman–Crippen MR) is 111 cm³/mol. The van der Waals surface area contributed by atoms with Gasteiger partial charge in [0.1, 0.15) is 0 Å². The van der Waals surface area contributed by atoms with Crippen molar-refractivity contribution in [3.8, 4) is 0 Å². The Bertz CT molecular complexity index is 923. The molecule has 0 saturated heterocycles. The number of nitrogens with one attached hydrogen (secondary N) is 4. The lowest BCUT2D eigenvalue weighted by molar-refractivity contribution is 0.0938. The topological polar surface area (TPSA) is 89.3 Å². The van der Waals surface area contributed by atoms with Crippen LogP contribution in [0.3, 0.4) is 0 Å². The van der Waals surface area contributed by atoms with E-state index in [1.165, 1.54) is 5.69 Å². The number of rotatable bonds is 7. The number of hydrogen-bond acceptors (Lipinski definition) is 3. The van der Waals surface area contributed by atoms with Crippen LogP contribution in [0.4, 0.5) is 10.5 Å². The fraction of sp³-hybridized carbons (Fsp3) is 0.238. The fourth-order valence-corrected chi connectivity index (χ4v) is 3.06. The molecule has 0 aliphatic heterocycles. The fourth-order valence-electron chi connectivity index (χ4n) is 3.06. The molecule has 0 spiro atoms. The average molecular weight is 379 g/mol. The summed E-state index contributed by atoms with van der Waals surface area (Å²) in [6.07, 6.45) is 2.43. The number of aromatic nitrogens is 1. The Labute approximate surface area is 164 Å². The zero-order chi connectivity index (χ0) is 19.8. The van der Waals surface area contributed by atoms with Crippen molar-refractivity contribution < 1.29 is 9.59 Å². The predicted octanol–water partition coefficient (Wildman–Crippen LogP) is 3.03. The Kier molecular flexibility index (Phi) is 6.51. The second-order valence-electron chi connectivity index (χ2n) is 6.35. The summed E-state index contributed by atoms with van der Waals surface area (Å²) in [5.74, 6) is -0.367. The summed E-state index contributed by atoms with van der Waals surface area (Å²) in [6, 6.07) is 17.2. The molecule has 1 aromatic heterocycles. The smallest absolute Gasteiger partial charge is 0.333 e. The van der Waals surface area contributed by atoms with Crippen molar-refractivity contribution in [2.75, 3.05) is 24.5 Å². The quantitative estimate of drug-likeness (QED) is 0.376. The number of hydrazine groups is 1. The summed E-state index contributed by atoms with van der Waals surface area (Å²) in [6.45, 7) is 4.35. The van der Waals surface area contributed by atoms with Gasteiger partial charge in [0.15, 0.2) is 0 Å². The van der Waals surface area contributed by atoms with Gasteiger partial charge in [0.2, 0.25) is 0 Å². The van der Waals surface area contributed by atoms with Gasteiger partial charge in [-0.1, -0.05) is 36.4 Å². The number of benzene rings is 2. The van der Waals surface area contributed by atoms with Crippen LogP contribution in [0.25, 0.3) is 10.9 Å². The summed E-state index contributed by atoms with van der Waals surface area (Å²) in [4.78, 5) is 29.4. The van der Waals surface area contributed by atoms with Crippen molar-refractivity contribution in [3.05, 3.63) is 66.4 Å². The van der Waals surface area contributed by atoms with Gasteiger partial charge in [0.25, 0.3) is 5.91 Å². The van der Waals surface area contributed by atoms with Crippen LogP contribution >= 0.6 is 0 Å². The van der Waals surface area contributed by atoms with Crippen molar-refractivity contribution in [1.82, 2.24) is 21.2 Å². The lowest BCUT2D eigenvalue weighted by Gasteiger charge is -2.23. The number of amides is 3. The van der Waals surface area contributed by atoms with E-state index in [9.17, 15) is 9.59 Å². The Hall–Kier alpha value is -3.48. The molecule has 0 aliphatic rings. The SMILES string of the molecule is CCN(CCCNC(=O)NNC(=O)c1c[nH]c2ccccc12)c1ccccc1. The van der Waals surface area contributed by atoms with Crippen molar-refractivity contribution in [2.45, 2.75) is 13.3 Å². The monoisotopic (exact) mass is 379 g/mol. The summed E-state index contributed by atoms with van der Waals surface area (Å²) in [5, 5.41) is 3.56. The van der Waals surface area contributed by atoms with Crippen molar-refractivity contribution in [3.63, 3.8) is 0 Å². The van der Waals surface area contributed by atoms with E-state index in [4.69, 9.17) is 0 Å². The van der Waals surface area contributed by atoms with Gasteiger partial charge in [-0.3, -0.25) is 10.2 Å². The summed E-state index contributed by atoms with van der Waals surface area (Å²) in [7, 11) is 0. The van der Waals surface area contributed by atoms with E-state index in [0.717, 1.165) is 30.4 Å². The molecule has 1 heterocycles. The Morgan fingerprint density at radius 3 is 2.54 bits per heavy atom. The molecule has 3 amide bonds. The Morgan fingerprint density at radius 2 is 1.75 bits per heavy atom. The summed E-state index contributed by atoms with van der Waals surface area (Å²) < 4.78 is 0. The standard InChI is InChI=1S/C21H25N5O2/c1-2-26(16-9-4-3-5-10-16)14-8-13-22-21(28)25-24-20(27)18-15-23-19-12-7-6-11-17(18)19/h3-7,9-12,15,23H,2,8,13-14H2,1H3,(H,24,27)(H2,22,25,28). The highest BCUT2D eigenvalue weighted by atomic mass is 16.2. The van der Waals surface area contributed by atoms with Crippen molar-refractivity contribution >= 4 is 28.5 Å². The molecule has 0 unspecified atom stereocenters. The lowest BCUT2D eigenvalue weighted by Crippen LogP contribution is -2.47. The first-order valence-electron chi connectivity index (χ1n) is 9.39. The highest BCUT2D eigenvalue weighted by molar-refractivity contribution is 6.07. The average Bonchev–Trinajstić information content (AvgIpc) is 3.17. The minimum absolute atomic E-state index is 0.367. The molecule has 146 valence electrons.